The van der Waals surface area contributed by atoms with E-state index in [4.69, 9.17) is 4.74 Å². The number of benzene rings is 1. The van der Waals surface area contributed by atoms with Gasteiger partial charge in [-0.2, -0.15) is 0 Å². The summed E-state index contributed by atoms with van der Waals surface area (Å²) in [6, 6.07) is 8.77. The molecule has 1 aliphatic rings. The first-order valence-corrected chi connectivity index (χ1v) is 5.83. The molecule has 0 bridgehead atoms. The van der Waals surface area contributed by atoms with Crippen molar-refractivity contribution in [1.29, 1.82) is 0 Å². The minimum atomic E-state index is 0.496. The van der Waals surface area contributed by atoms with Crippen molar-refractivity contribution in [2.45, 2.75) is 32.4 Å². The first kappa shape index (κ1) is 10.7. The average molecular weight is 206 g/mol. The van der Waals surface area contributed by atoms with Gasteiger partial charge in [0.1, 0.15) is 19.2 Å². The lowest BCUT2D eigenvalue weighted by Crippen LogP contribution is -2.84. The normalized spacial score (nSPS) is 20.7. The maximum Gasteiger partial charge on any atom is 0.106 e. The van der Waals surface area contributed by atoms with Gasteiger partial charge in [0.25, 0.3) is 0 Å². The van der Waals surface area contributed by atoms with E-state index in [9.17, 15) is 0 Å². The van der Waals surface area contributed by atoms with Crippen LogP contribution in [0.4, 0.5) is 0 Å². The molecule has 2 heteroatoms. The topological polar surface area (TPSA) is 25.8 Å². The number of hydrogen-bond donors (Lipinski definition) is 1. The van der Waals surface area contributed by atoms with Crippen molar-refractivity contribution in [2.24, 2.45) is 0 Å². The number of quaternary nitrogens is 1. The fourth-order valence-electron chi connectivity index (χ4n) is 1.99. The summed E-state index contributed by atoms with van der Waals surface area (Å²) in [6.07, 6.45) is 2.98. The second-order valence-corrected chi connectivity index (χ2v) is 4.35. The number of aryl methyl sites for hydroxylation is 1. The molecule has 1 saturated heterocycles. The number of hydrogen-bond acceptors (Lipinski definition) is 1. The monoisotopic (exact) mass is 206 g/mol. The second-order valence-electron chi connectivity index (χ2n) is 4.35. The van der Waals surface area contributed by atoms with Gasteiger partial charge in [-0.05, 0) is 19.8 Å². The van der Waals surface area contributed by atoms with Gasteiger partial charge in [0, 0.05) is 12.2 Å². The van der Waals surface area contributed by atoms with E-state index in [1.165, 1.54) is 24.0 Å². The van der Waals surface area contributed by atoms with Crippen LogP contribution in [-0.4, -0.2) is 19.3 Å². The smallest absolute Gasteiger partial charge is 0.106 e. The predicted octanol–water partition coefficient (Wildman–Crippen LogP) is 1.24. The van der Waals surface area contributed by atoms with Gasteiger partial charge in [-0.3, -0.25) is 0 Å². The van der Waals surface area contributed by atoms with Gasteiger partial charge in [-0.15, -0.1) is 0 Å². The van der Waals surface area contributed by atoms with Crippen molar-refractivity contribution < 1.29 is 10.1 Å². The first-order valence-electron chi connectivity index (χ1n) is 5.83. The Bertz CT molecular complexity index is 288. The molecule has 2 N–H and O–H groups in total. The van der Waals surface area contributed by atoms with Crippen LogP contribution in [0.5, 0.6) is 0 Å². The Morgan fingerprint density at radius 2 is 2.13 bits per heavy atom. The van der Waals surface area contributed by atoms with E-state index in [0.29, 0.717) is 6.10 Å². The highest BCUT2D eigenvalue weighted by atomic mass is 16.5. The first-order chi connectivity index (χ1) is 7.34. The van der Waals surface area contributed by atoms with E-state index < -0.39 is 0 Å². The molecule has 1 aromatic carbocycles. The molecule has 15 heavy (non-hydrogen) atoms. The lowest BCUT2D eigenvalue weighted by atomic mass is 10.1. The Morgan fingerprint density at radius 1 is 1.33 bits per heavy atom. The van der Waals surface area contributed by atoms with Crippen molar-refractivity contribution in [3.63, 3.8) is 0 Å². The maximum absolute atomic E-state index is 5.58. The van der Waals surface area contributed by atoms with Crippen LogP contribution in [0, 0.1) is 6.92 Å². The van der Waals surface area contributed by atoms with E-state index in [0.717, 1.165) is 19.7 Å². The van der Waals surface area contributed by atoms with Crippen LogP contribution in [-0.2, 0) is 11.3 Å². The van der Waals surface area contributed by atoms with Gasteiger partial charge in [-0.25, -0.2) is 0 Å². The molecule has 1 atom stereocenters. The molecule has 0 saturated carbocycles. The van der Waals surface area contributed by atoms with Crippen molar-refractivity contribution in [3.05, 3.63) is 35.4 Å². The highest BCUT2D eigenvalue weighted by molar-refractivity contribution is 5.20. The molecule has 82 valence electrons. The number of rotatable bonds is 4. The summed E-state index contributed by atoms with van der Waals surface area (Å²) in [4.78, 5) is 0. The predicted molar refractivity (Wildman–Crippen MR) is 60.6 cm³/mol. The number of ether oxygens (including phenoxy) is 1. The summed E-state index contributed by atoms with van der Waals surface area (Å²) in [7, 11) is 0. The molecule has 2 nitrogen and oxygen atoms in total. The van der Waals surface area contributed by atoms with Crippen molar-refractivity contribution in [3.8, 4) is 0 Å². The summed E-state index contributed by atoms with van der Waals surface area (Å²) in [5, 5.41) is 2.35. The third-order valence-corrected chi connectivity index (χ3v) is 2.95. The van der Waals surface area contributed by atoms with E-state index in [2.05, 4.69) is 36.5 Å². The molecule has 1 aliphatic heterocycles. The van der Waals surface area contributed by atoms with Gasteiger partial charge in [0.2, 0.25) is 0 Å². The third kappa shape index (κ3) is 3.33. The fourth-order valence-corrected chi connectivity index (χ4v) is 1.99. The number of nitrogens with two attached hydrogens (primary N) is 1. The SMILES string of the molecule is Cc1ccc(C[NH2+]CC2CCCO2)cc1. The standard InChI is InChI=1S/C13H19NO/c1-11-4-6-12(7-5-11)9-14-10-13-3-2-8-15-13/h4-7,13-14H,2-3,8-10H2,1H3/p+1. The Morgan fingerprint density at radius 3 is 2.80 bits per heavy atom. The third-order valence-electron chi connectivity index (χ3n) is 2.95. The molecule has 0 radical (unpaired) electrons. The molecular formula is C13H20NO+. The van der Waals surface area contributed by atoms with E-state index in [1.54, 1.807) is 0 Å². The lowest BCUT2D eigenvalue weighted by molar-refractivity contribution is -0.676. The van der Waals surface area contributed by atoms with E-state index in [-0.39, 0.29) is 0 Å². The molecule has 0 spiro atoms. The van der Waals surface area contributed by atoms with Crippen LogP contribution in [0.25, 0.3) is 0 Å². The van der Waals surface area contributed by atoms with Crippen molar-refractivity contribution in [2.75, 3.05) is 13.2 Å². The van der Waals surface area contributed by atoms with Crippen LogP contribution in [0.3, 0.4) is 0 Å². The zero-order valence-corrected chi connectivity index (χ0v) is 9.41. The summed E-state index contributed by atoms with van der Waals surface area (Å²) >= 11 is 0. The Labute approximate surface area is 91.6 Å². The van der Waals surface area contributed by atoms with Gasteiger partial charge < -0.3 is 10.1 Å². The molecule has 0 aromatic heterocycles. The molecular weight excluding hydrogens is 186 g/mol. The van der Waals surface area contributed by atoms with Crippen LogP contribution < -0.4 is 5.32 Å². The fraction of sp³-hybridized carbons (Fsp3) is 0.538. The molecule has 0 amide bonds. The molecule has 1 unspecified atom stereocenters. The summed E-state index contributed by atoms with van der Waals surface area (Å²) in [5.74, 6) is 0. The van der Waals surface area contributed by atoms with Gasteiger partial charge in [0.05, 0.1) is 0 Å². The van der Waals surface area contributed by atoms with Gasteiger partial charge >= 0.3 is 0 Å². The minimum absolute atomic E-state index is 0.496. The van der Waals surface area contributed by atoms with E-state index in [1.807, 2.05) is 0 Å². The van der Waals surface area contributed by atoms with Crippen LogP contribution >= 0.6 is 0 Å². The molecule has 1 heterocycles. The second kappa shape index (κ2) is 5.29. The molecule has 2 rings (SSSR count). The Hall–Kier alpha value is -0.860. The van der Waals surface area contributed by atoms with E-state index >= 15 is 0 Å². The zero-order chi connectivity index (χ0) is 10.5. The Balaban J connectivity index is 1.71. The summed E-state index contributed by atoms with van der Waals surface area (Å²) in [5.41, 5.74) is 2.73. The largest absolute Gasteiger partial charge is 0.372 e. The molecule has 1 aromatic rings. The van der Waals surface area contributed by atoms with Crippen molar-refractivity contribution >= 4 is 0 Å². The maximum atomic E-state index is 5.58. The Kier molecular flexibility index (Phi) is 3.75. The van der Waals surface area contributed by atoms with Crippen LogP contribution in [0.2, 0.25) is 0 Å². The lowest BCUT2D eigenvalue weighted by Gasteiger charge is -2.07. The zero-order valence-electron chi connectivity index (χ0n) is 9.41. The highest BCUT2D eigenvalue weighted by Crippen LogP contribution is 2.09. The van der Waals surface area contributed by atoms with Crippen molar-refractivity contribution in [1.82, 2.24) is 0 Å². The average Bonchev–Trinajstić information content (AvgIpc) is 2.74. The summed E-state index contributed by atoms with van der Waals surface area (Å²) < 4.78 is 5.58. The van der Waals surface area contributed by atoms with Gasteiger partial charge in [-0.1, -0.05) is 29.8 Å². The minimum Gasteiger partial charge on any atom is -0.372 e. The van der Waals surface area contributed by atoms with Gasteiger partial charge in [0.15, 0.2) is 0 Å². The molecule has 1 fully saturated rings. The quantitative estimate of drug-likeness (QED) is 0.788. The highest BCUT2D eigenvalue weighted by Gasteiger charge is 2.16. The molecule has 0 aliphatic carbocycles. The van der Waals surface area contributed by atoms with Crippen LogP contribution in [0.1, 0.15) is 24.0 Å². The van der Waals surface area contributed by atoms with Crippen LogP contribution in [0.15, 0.2) is 24.3 Å². The summed E-state index contributed by atoms with van der Waals surface area (Å²) in [6.45, 7) is 5.26.